The van der Waals surface area contributed by atoms with Gasteiger partial charge in [0.25, 0.3) is 11.5 Å². The van der Waals surface area contributed by atoms with E-state index in [2.05, 4.69) is 34.3 Å². The van der Waals surface area contributed by atoms with Crippen LogP contribution >= 0.6 is 0 Å². The summed E-state index contributed by atoms with van der Waals surface area (Å²) < 4.78 is 15.1. The number of rotatable bonds is 4. The number of carbonyl (C=O) groups is 1. The molecule has 1 N–H and O–H groups in total. The molecule has 0 bridgehead atoms. The van der Waals surface area contributed by atoms with E-state index in [0.717, 1.165) is 18.8 Å². The first-order valence-electron chi connectivity index (χ1n) is 11.2. The lowest BCUT2D eigenvalue weighted by atomic mass is 10.1. The molecule has 3 heterocycles. The molecule has 34 heavy (non-hydrogen) atoms. The Morgan fingerprint density at radius 2 is 1.82 bits per heavy atom. The number of aromatic nitrogens is 4. The van der Waals surface area contributed by atoms with Crippen LogP contribution in [0.1, 0.15) is 10.4 Å². The first-order chi connectivity index (χ1) is 16.4. The molecule has 1 saturated carbocycles. The van der Waals surface area contributed by atoms with Crippen molar-refractivity contribution in [3.63, 3.8) is 0 Å². The summed E-state index contributed by atoms with van der Waals surface area (Å²) in [6.45, 7) is 1.62. The highest BCUT2D eigenvalue weighted by atomic mass is 19.1. The van der Waals surface area contributed by atoms with E-state index in [4.69, 9.17) is 0 Å². The molecule has 1 saturated heterocycles. The first kappa shape index (κ1) is 20.7. The smallest absolute Gasteiger partial charge is 0.258 e. The molecule has 4 aromatic rings. The highest BCUT2D eigenvalue weighted by molar-refractivity contribution is 5.94. The number of fused-ring (bicyclic) bond motifs is 2. The number of hydrogen-bond donors (Lipinski definition) is 1. The van der Waals surface area contributed by atoms with Gasteiger partial charge in [0.05, 0.1) is 17.4 Å². The average molecular weight is 458 g/mol. The van der Waals surface area contributed by atoms with Crippen molar-refractivity contribution in [1.82, 2.24) is 29.8 Å². The van der Waals surface area contributed by atoms with Crippen molar-refractivity contribution in [2.75, 3.05) is 27.2 Å². The van der Waals surface area contributed by atoms with Gasteiger partial charge in [0.1, 0.15) is 11.5 Å². The molecule has 0 radical (unpaired) electrons. The lowest BCUT2D eigenvalue weighted by Gasteiger charge is -2.22. The number of nitrogens with one attached hydrogen (secondary N) is 1. The fourth-order valence-electron chi connectivity index (χ4n) is 5.25. The van der Waals surface area contributed by atoms with Gasteiger partial charge in [-0.25, -0.2) is 9.07 Å². The van der Waals surface area contributed by atoms with Crippen molar-refractivity contribution in [2.24, 2.45) is 11.8 Å². The largest absolute Gasteiger partial charge is 0.338 e. The molecular formula is C25H23FN6O2. The number of amides is 1. The summed E-state index contributed by atoms with van der Waals surface area (Å²) in [6.07, 6.45) is 1.64. The molecule has 1 aliphatic heterocycles. The van der Waals surface area contributed by atoms with Crippen LogP contribution in [0, 0.1) is 17.7 Å². The Bertz CT molecular complexity index is 1460. The van der Waals surface area contributed by atoms with E-state index >= 15 is 0 Å². The Morgan fingerprint density at radius 1 is 1.09 bits per heavy atom. The van der Waals surface area contributed by atoms with E-state index in [0.29, 0.717) is 45.6 Å². The average Bonchev–Trinajstić information content (AvgIpc) is 3.16. The summed E-state index contributed by atoms with van der Waals surface area (Å²) in [7, 11) is 4.19. The van der Waals surface area contributed by atoms with E-state index in [-0.39, 0.29) is 17.3 Å². The van der Waals surface area contributed by atoms with Crippen LogP contribution in [-0.2, 0) is 0 Å². The number of benzene rings is 2. The quantitative estimate of drug-likeness (QED) is 0.508. The number of nitrogens with zero attached hydrogens (tertiary/aromatic N) is 5. The van der Waals surface area contributed by atoms with Crippen molar-refractivity contribution in [3.05, 3.63) is 76.5 Å². The zero-order chi connectivity index (χ0) is 23.6. The maximum Gasteiger partial charge on any atom is 0.258 e. The lowest BCUT2D eigenvalue weighted by molar-refractivity contribution is 0.0762. The second-order valence-electron chi connectivity index (χ2n) is 9.33. The fraction of sp³-hybridized carbons (Fsp3) is 0.280. The molecule has 172 valence electrons. The Labute approximate surface area is 194 Å². The van der Waals surface area contributed by atoms with Crippen molar-refractivity contribution < 1.29 is 9.18 Å². The summed E-state index contributed by atoms with van der Waals surface area (Å²) in [4.78, 5) is 32.4. The van der Waals surface area contributed by atoms with Gasteiger partial charge in [0.15, 0.2) is 0 Å². The van der Waals surface area contributed by atoms with Crippen LogP contribution in [0.5, 0.6) is 0 Å². The first-order valence-corrected chi connectivity index (χ1v) is 11.2. The Kier molecular flexibility index (Phi) is 4.63. The van der Waals surface area contributed by atoms with Crippen LogP contribution in [-0.4, -0.2) is 68.9 Å². The third kappa shape index (κ3) is 3.40. The zero-order valence-electron chi connectivity index (χ0n) is 18.8. The summed E-state index contributed by atoms with van der Waals surface area (Å²) in [5, 5.41) is 8.83. The van der Waals surface area contributed by atoms with Gasteiger partial charge < -0.3 is 14.8 Å². The van der Waals surface area contributed by atoms with Crippen LogP contribution < -0.4 is 5.56 Å². The molecule has 1 amide bonds. The number of likely N-dealkylation sites (tertiary alicyclic amines) is 1. The number of aromatic amines is 1. The number of carbonyl (C=O) groups excluding carboxylic acids is 1. The van der Waals surface area contributed by atoms with Crippen LogP contribution in [0.15, 0.2) is 59.5 Å². The van der Waals surface area contributed by atoms with E-state index in [1.807, 2.05) is 17.0 Å². The SMILES string of the molecule is CN(C)C1[C@H]2CN(C(=O)c3ccc(-n4cc(-c5cc6cc(F)ccc6[nH]c5=O)nn4)cc3)C[C@@H]12. The van der Waals surface area contributed by atoms with Gasteiger partial charge >= 0.3 is 0 Å². The molecule has 8 nitrogen and oxygen atoms in total. The van der Waals surface area contributed by atoms with E-state index in [1.165, 1.54) is 18.2 Å². The predicted octanol–water partition coefficient (Wildman–Crippen LogP) is 2.55. The third-order valence-corrected chi connectivity index (χ3v) is 6.99. The Morgan fingerprint density at radius 3 is 2.53 bits per heavy atom. The fourth-order valence-corrected chi connectivity index (χ4v) is 5.25. The second kappa shape index (κ2) is 7.59. The van der Waals surface area contributed by atoms with E-state index < -0.39 is 0 Å². The van der Waals surface area contributed by atoms with Gasteiger partial charge in [-0.3, -0.25) is 9.59 Å². The summed E-state index contributed by atoms with van der Waals surface area (Å²) in [5.41, 5.74) is 2.26. The maximum absolute atomic E-state index is 13.6. The molecule has 2 aromatic heterocycles. The van der Waals surface area contributed by atoms with Gasteiger partial charge in [0, 0.05) is 35.6 Å². The van der Waals surface area contributed by atoms with Crippen molar-refractivity contribution in [1.29, 1.82) is 0 Å². The standard InChI is InChI=1S/C25H23FN6O2/c1-30(2)23-19-11-31(12-20(19)23)25(34)14-3-6-17(7-4-14)32-13-22(28-29-32)18-10-15-9-16(26)5-8-21(15)27-24(18)33/h3-10,13,19-20,23H,11-12H2,1-2H3,(H,27,33)/t19-,20+,23?. The van der Waals surface area contributed by atoms with Gasteiger partial charge in [-0.2, -0.15) is 0 Å². The summed E-state index contributed by atoms with van der Waals surface area (Å²) in [6, 6.07) is 13.6. The van der Waals surface area contributed by atoms with Crippen molar-refractivity contribution >= 4 is 16.8 Å². The normalized spacial score (nSPS) is 21.3. The molecule has 2 aliphatic rings. The monoisotopic (exact) mass is 458 g/mol. The predicted molar refractivity (Wildman–Crippen MR) is 125 cm³/mol. The van der Waals surface area contributed by atoms with Gasteiger partial charge in [0.2, 0.25) is 0 Å². The highest BCUT2D eigenvalue weighted by Gasteiger charge is 2.57. The molecule has 3 atom stereocenters. The molecule has 1 unspecified atom stereocenters. The summed E-state index contributed by atoms with van der Waals surface area (Å²) >= 11 is 0. The number of piperidine rings is 1. The number of hydrogen-bond acceptors (Lipinski definition) is 5. The molecule has 2 fully saturated rings. The molecule has 0 spiro atoms. The van der Waals surface area contributed by atoms with Crippen LogP contribution in [0.4, 0.5) is 4.39 Å². The van der Waals surface area contributed by atoms with E-state index in [9.17, 15) is 14.0 Å². The van der Waals surface area contributed by atoms with Gasteiger partial charge in [-0.1, -0.05) is 5.21 Å². The lowest BCUT2D eigenvalue weighted by Crippen LogP contribution is -2.35. The minimum Gasteiger partial charge on any atom is -0.338 e. The second-order valence-corrected chi connectivity index (χ2v) is 9.33. The molecule has 2 aromatic carbocycles. The Hall–Kier alpha value is -3.85. The number of halogens is 1. The van der Waals surface area contributed by atoms with Gasteiger partial charge in [-0.15, -0.1) is 5.10 Å². The van der Waals surface area contributed by atoms with Crippen LogP contribution in [0.2, 0.25) is 0 Å². The van der Waals surface area contributed by atoms with Crippen LogP contribution in [0.25, 0.3) is 27.8 Å². The molecule has 9 heteroatoms. The highest BCUT2D eigenvalue weighted by Crippen LogP contribution is 2.48. The zero-order valence-corrected chi connectivity index (χ0v) is 18.8. The minimum atomic E-state index is -0.382. The third-order valence-electron chi connectivity index (χ3n) is 6.99. The minimum absolute atomic E-state index is 0.0467. The van der Waals surface area contributed by atoms with Crippen LogP contribution in [0.3, 0.4) is 0 Å². The topological polar surface area (TPSA) is 87.1 Å². The van der Waals surface area contributed by atoms with Crippen molar-refractivity contribution in [3.8, 4) is 16.9 Å². The Balaban J connectivity index is 1.21. The maximum atomic E-state index is 13.6. The number of pyridine rings is 1. The summed E-state index contributed by atoms with van der Waals surface area (Å²) in [5.74, 6) is 0.834. The molecule has 1 aliphatic carbocycles. The van der Waals surface area contributed by atoms with Gasteiger partial charge in [-0.05, 0) is 74.5 Å². The number of H-pyrrole nitrogens is 1. The molecular weight excluding hydrogens is 435 g/mol. The van der Waals surface area contributed by atoms with E-state index in [1.54, 1.807) is 29.1 Å². The van der Waals surface area contributed by atoms with Crippen molar-refractivity contribution in [2.45, 2.75) is 6.04 Å². The molecule has 6 rings (SSSR count).